The normalized spacial score (nSPS) is 19.5. The average Bonchev–Trinajstić information content (AvgIpc) is 3.25. The molecule has 1 aromatic carbocycles. The van der Waals surface area contributed by atoms with E-state index in [2.05, 4.69) is 4.98 Å². The highest BCUT2D eigenvalue weighted by Crippen LogP contribution is 2.25. The summed E-state index contributed by atoms with van der Waals surface area (Å²) in [5, 5.41) is 0. The number of hydrogen-bond donors (Lipinski definition) is 0. The van der Waals surface area contributed by atoms with Crippen LogP contribution in [0.1, 0.15) is 24.3 Å². The van der Waals surface area contributed by atoms with Gasteiger partial charge in [0, 0.05) is 6.20 Å². The van der Waals surface area contributed by atoms with Gasteiger partial charge in [0.15, 0.2) is 0 Å². The lowest BCUT2D eigenvalue weighted by Gasteiger charge is -2.13. The summed E-state index contributed by atoms with van der Waals surface area (Å²) in [6, 6.07) is 10.00. The van der Waals surface area contributed by atoms with Crippen LogP contribution in [0.15, 0.2) is 55.0 Å². The lowest BCUT2D eigenvalue weighted by molar-refractivity contribution is -0.00996. The van der Waals surface area contributed by atoms with Gasteiger partial charge in [0.1, 0.15) is 18.5 Å². The molecule has 0 amide bonds. The van der Waals surface area contributed by atoms with Crippen molar-refractivity contribution in [2.24, 2.45) is 0 Å². The number of rotatable bonds is 6. The summed E-state index contributed by atoms with van der Waals surface area (Å²) in [5.74, 6) is 0. The maximum absolute atomic E-state index is 11.6. The predicted molar refractivity (Wildman–Crippen MR) is 87.5 cm³/mol. The van der Waals surface area contributed by atoms with Crippen LogP contribution in [-0.4, -0.2) is 35.0 Å². The molecule has 6 nitrogen and oxygen atoms in total. The zero-order valence-corrected chi connectivity index (χ0v) is 13.5. The summed E-state index contributed by atoms with van der Waals surface area (Å²) in [4.78, 5) is 15.8. The highest BCUT2D eigenvalue weighted by atomic mass is 16.6. The van der Waals surface area contributed by atoms with E-state index in [9.17, 15) is 4.79 Å². The summed E-state index contributed by atoms with van der Waals surface area (Å²) in [6.45, 7) is 3.11. The average molecular weight is 328 g/mol. The molecular weight excluding hydrogens is 308 g/mol. The van der Waals surface area contributed by atoms with Gasteiger partial charge < -0.3 is 14.2 Å². The molecule has 1 aromatic heterocycles. The smallest absolute Gasteiger partial charge is 0.419 e. The second kappa shape index (κ2) is 7.90. The first-order valence-electron chi connectivity index (χ1n) is 7.92. The van der Waals surface area contributed by atoms with Gasteiger partial charge in [0.2, 0.25) is 0 Å². The summed E-state index contributed by atoms with van der Waals surface area (Å²) >= 11 is 0. The first-order chi connectivity index (χ1) is 11.8. The van der Waals surface area contributed by atoms with Crippen LogP contribution >= 0.6 is 0 Å². The monoisotopic (exact) mass is 328 g/mol. The highest BCUT2D eigenvalue weighted by Gasteiger charge is 2.23. The Kier molecular flexibility index (Phi) is 5.40. The molecule has 0 radical (unpaired) electrons. The van der Waals surface area contributed by atoms with E-state index >= 15 is 0 Å². The molecule has 0 spiro atoms. The van der Waals surface area contributed by atoms with Gasteiger partial charge in [-0.25, -0.2) is 14.3 Å². The third-order valence-electron chi connectivity index (χ3n) is 3.59. The fraction of sp³-hybridized carbons (Fsp3) is 0.333. The summed E-state index contributed by atoms with van der Waals surface area (Å²) in [6.07, 6.45) is 6.11. The van der Waals surface area contributed by atoms with Crippen molar-refractivity contribution >= 4 is 6.09 Å². The Bertz CT molecular complexity index is 696. The van der Waals surface area contributed by atoms with E-state index in [1.807, 2.05) is 42.5 Å². The molecule has 0 saturated heterocycles. The first kappa shape index (κ1) is 16.4. The number of imidazole rings is 1. The molecule has 3 rings (SSSR count). The zero-order chi connectivity index (χ0) is 16.8. The minimum atomic E-state index is -0.444. The van der Waals surface area contributed by atoms with Crippen molar-refractivity contribution in [2.75, 3.05) is 13.2 Å². The molecule has 1 aliphatic heterocycles. The van der Waals surface area contributed by atoms with Gasteiger partial charge >= 0.3 is 6.09 Å². The number of benzene rings is 1. The van der Waals surface area contributed by atoms with Crippen LogP contribution in [0.4, 0.5) is 4.79 Å². The molecule has 0 fully saturated rings. The molecule has 2 aromatic rings. The second-order valence-electron chi connectivity index (χ2n) is 5.39. The molecule has 0 N–H and O–H groups in total. The fourth-order valence-corrected chi connectivity index (χ4v) is 2.42. The zero-order valence-electron chi connectivity index (χ0n) is 13.5. The molecule has 2 atom stereocenters. The minimum Gasteiger partial charge on any atom is -0.449 e. The van der Waals surface area contributed by atoms with Crippen molar-refractivity contribution in [1.29, 1.82) is 0 Å². The van der Waals surface area contributed by atoms with Crippen LogP contribution < -0.4 is 0 Å². The van der Waals surface area contributed by atoms with Crippen molar-refractivity contribution in [1.82, 2.24) is 9.55 Å². The van der Waals surface area contributed by atoms with Crippen molar-refractivity contribution in [3.05, 3.63) is 66.3 Å². The molecule has 2 heterocycles. The lowest BCUT2D eigenvalue weighted by atomic mass is 10.2. The van der Waals surface area contributed by atoms with E-state index in [4.69, 9.17) is 14.2 Å². The minimum absolute atomic E-state index is 0.119. The van der Waals surface area contributed by atoms with Gasteiger partial charge in [0.25, 0.3) is 0 Å². The molecule has 0 unspecified atom stereocenters. The van der Waals surface area contributed by atoms with Crippen LogP contribution in [0.5, 0.6) is 0 Å². The van der Waals surface area contributed by atoms with E-state index < -0.39 is 6.09 Å². The van der Waals surface area contributed by atoms with E-state index in [-0.39, 0.29) is 12.2 Å². The van der Waals surface area contributed by atoms with Gasteiger partial charge in [-0.15, -0.1) is 0 Å². The van der Waals surface area contributed by atoms with E-state index in [0.29, 0.717) is 25.5 Å². The van der Waals surface area contributed by atoms with Crippen LogP contribution in [0.3, 0.4) is 0 Å². The Morgan fingerprint density at radius 3 is 2.92 bits per heavy atom. The standard InChI is InChI=1S/C18H20N2O4/c1-2-23-18(21)20-10-16(19-13-20)17-9-8-15(24-17)12-22-11-14-6-4-3-5-7-14/h3-10,13,15,17H,2,11-12H2,1H3/t15-,17+/m0/s1. The number of aromatic nitrogens is 2. The number of carbonyl (C=O) groups excluding carboxylic acids is 1. The summed E-state index contributed by atoms with van der Waals surface area (Å²) in [5.41, 5.74) is 1.80. The van der Waals surface area contributed by atoms with Gasteiger partial charge in [-0.1, -0.05) is 42.5 Å². The van der Waals surface area contributed by atoms with Gasteiger partial charge in [0.05, 0.1) is 25.5 Å². The highest BCUT2D eigenvalue weighted by molar-refractivity contribution is 5.70. The van der Waals surface area contributed by atoms with E-state index in [0.717, 1.165) is 5.56 Å². The van der Waals surface area contributed by atoms with Crippen LogP contribution in [-0.2, 0) is 20.8 Å². The van der Waals surface area contributed by atoms with Gasteiger partial charge in [-0.2, -0.15) is 0 Å². The van der Waals surface area contributed by atoms with E-state index in [1.54, 1.807) is 13.1 Å². The molecule has 0 aliphatic carbocycles. The Morgan fingerprint density at radius 1 is 1.29 bits per heavy atom. The van der Waals surface area contributed by atoms with Crippen molar-refractivity contribution in [2.45, 2.75) is 25.7 Å². The molecule has 126 valence electrons. The van der Waals surface area contributed by atoms with E-state index in [1.165, 1.54) is 10.9 Å². The third kappa shape index (κ3) is 4.10. The van der Waals surface area contributed by atoms with Crippen molar-refractivity contribution in [3.8, 4) is 0 Å². The number of ether oxygens (including phenoxy) is 3. The fourth-order valence-electron chi connectivity index (χ4n) is 2.42. The Morgan fingerprint density at radius 2 is 2.12 bits per heavy atom. The maximum Gasteiger partial charge on any atom is 0.419 e. The molecule has 24 heavy (non-hydrogen) atoms. The van der Waals surface area contributed by atoms with Crippen molar-refractivity contribution < 1.29 is 19.0 Å². The van der Waals surface area contributed by atoms with Crippen molar-refractivity contribution in [3.63, 3.8) is 0 Å². The SMILES string of the molecule is CCOC(=O)n1cnc([C@H]2C=C[C@@H](COCc3ccccc3)O2)c1. The number of carbonyl (C=O) groups is 1. The van der Waals surface area contributed by atoms with Gasteiger partial charge in [-0.05, 0) is 12.5 Å². The summed E-state index contributed by atoms with van der Waals surface area (Å²) < 4.78 is 17.8. The quantitative estimate of drug-likeness (QED) is 0.763. The molecule has 1 aliphatic rings. The predicted octanol–water partition coefficient (Wildman–Crippen LogP) is 3.10. The Labute approximate surface area is 140 Å². The number of nitrogens with zero attached hydrogens (tertiary/aromatic N) is 2. The lowest BCUT2D eigenvalue weighted by Crippen LogP contribution is -2.15. The van der Waals surface area contributed by atoms with Gasteiger partial charge in [-0.3, -0.25) is 0 Å². The van der Waals surface area contributed by atoms with Crippen LogP contribution in [0, 0.1) is 0 Å². The molecular formula is C18H20N2O4. The second-order valence-corrected chi connectivity index (χ2v) is 5.39. The molecule has 0 bridgehead atoms. The third-order valence-corrected chi connectivity index (χ3v) is 3.59. The number of hydrogen-bond acceptors (Lipinski definition) is 5. The Balaban J connectivity index is 1.47. The molecule has 6 heteroatoms. The largest absolute Gasteiger partial charge is 0.449 e. The first-order valence-corrected chi connectivity index (χ1v) is 7.92. The Hall–Kier alpha value is -2.44. The summed E-state index contributed by atoms with van der Waals surface area (Å²) in [7, 11) is 0. The van der Waals surface area contributed by atoms with Crippen LogP contribution in [0.2, 0.25) is 0 Å². The molecule has 0 saturated carbocycles. The van der Waals surface area contributed by atoms with Crippen LogP contribution in [0.25, 0.3) is 0 Å². The topological polar surface area (TPSA) is 62.6 Å². The maximum atomic E-state index is 11.6.